The fourth-order valence-corrected chi connectivity index (χ4v) is 2.72. The SMILES string of the molecule is Cc1cn(C)c([C@H]2CN(C(=O)COc3ccccc3)CCO2)n1. The summed E-state index contributed by atoms with van der Waals surface area (Å²) < 4.78 is 13.3. The quantitative estimate of drug-likeness (QED) is 0.862. The van der Waals surface area contributed by atoms with Gasteiger partial charge in [0.15, 0.2) is 6.61 Å². The Morgan fingerprint density at radius 3 is 2.87 bits per heavy atom. The van der Waals surface area contributed by atoms with Gasteiger partial charge in [-0.15, -0.1) is 0 Å². The van der Waals surface area contributed by atoms with Gasteiger partial charge in [0.05, 0.1) is 18.8 Å². The van der Waals surface area contributed by atoms with Gasteiger partial charge in [0.25, 0.3) is 5.91 Å². The van der Waals surface area contributed by atoms with Crippen LogP contribution in [0.2, 0.25) is 0 Å². The first-order valence-corrected chi connectivity index (χ1v) is 7.70. The van der Waals surface area contributed by atoms with Crippen LogP contribution in [0.15, 0.2) is 36.5 Å². The summed E-state index contributed by atoms with van der Waals surface area (Å²) in [5.74, 6) is 1.52. The molecule has 1 aliphatic heterocycles. The third-order valence-electron chi connectivity index (χ3n) is 3.85. The molecule has 6 heteroatoms. The van der Waals surface area contributed by atoms with E-state index >= 15 is 0 Å². The van der Waals surface area contributed by atoms with Crippen molar-refractivity contribution < 1.29 is 14.3 Å². The lowest BCUT2D eigenvalue weighted by molar-refractivity contribution is -0.141. The number of aromatic nitrogens is 2. The van der Waals surface area contributed by atoms with Gasteiger partial charge in [-0.3, -0.25) is 4.79 Å². The van der Waals surface area contributed by atoms with Crippen molar-refractivity contribution in [1.82, 2.24) is 14.5 Å². The molecule has 1 atom stereocenters. The number of hydrogen-bond acceptors (Lipinski definition) is 4. The zero-order valence-electron chi connectivity index (χ0n) is 13.4. The molecule has 6 nitrogen and oxygen atoms in total. The van der Waals surface area contributed by atoms with Crippen LogP contribution in [-0.2, 0) is 16.6 Å². The average molecular weight is 315 g/mol. The first-order chi connectivity index (χ1) is 11.1. The van der Waals surface area contributed by atoms with Gasteiger partial charge < -0.3 is 18.9 Å². The second-order valence-electron chi connectivity index (χ2n) is 5.65. The lowest BCUT2D eigenvalue weighted by Gasteiger charge is -2.32. The van der Waals surface area contributed by atoms with E-state index in [1.54, 1.807) is 4.90 Å². The summed E-state index contributed by atoms with van der Waals surface area (Å²) in [5, 5.41) is 0. The van der Waals surface area contributed by atoms with Gasteiger partial charge in [-0.25, -0.2) is 4.98 Å². The molecule has 1 aromatic heterocycles. The highest BCUT2D eigenvalue weighted by atomic mass is 16.5. The van der Waals surface area contributed by atoms with Crippen LogP contribution >= 0.6 is 0 Å². The van der Waals surface area contributed by atoms with E-state index in [1.165, 1.54) is 0 Å². The highest BCUT2D eigenvalue weighted by molar-refractivity contribution is 5.77. The largest absolute Gasteiger partial charge is 0.484 e. The number of nitrogens with zero attached hydrogens (tertiary/aromatic N) is 3. The number of carbonyl (C=O) groups is 1. The van der Waals surface area contributed by atoms with Gasteiger partial charge >= 0.3 is 0 Å². The number of aryl methyl sites for hydroxylation is 2. The van der Waals surface area contributed by atoms with Crippen molar-refractivity contribution in [3.8, 4) is 5.75 Å². The molecule has 0 unspecified atom stereocenters. The first-order valence-electron chi connectivity index (χ1n) is 7.70. The summed E-state index contributed by atoms with van der Waals surface area (Å²) in [4.78, 5) is 18.6. The molecule has 23 heavy (non-hydrogen) atoms. The van der Waals surface area contributed by atoms with Crippen LogP contribution in [0.3, 0.4) is 0 Å². The molecule has 1 amide bonds. The van der Waals surface area contributed by atoms with Gasteiger partial charge in [-0.1, -0.05) is 18.2 Å². The van der Waals surface area contributed by atoms with Crippen molar-refractivity contribution in [3.63, 3.8) is 0 Å². The Morgan fingerprint density at radius 1 is 1.39 bits per heavy atom. The molecule has 0 aliphatic carbocycles. The van der Waals surface area contributed by atoms with E-state index in [0.29, 0.717) is 25.4 Å². The number of amides is 1. The van der Waals surface area contributed by atoms with Crippen molar-refractivity contribution in [1.29, 1.82) is 0 Å². The predicted molar refractivity (Wildman–Crippen MR) is 85.2 cm³/mol. The van der Waals surface area contributed by atoms with E-state index in [1.807, 2.05) is 55.1 Å². The smallest absolute Gasteiger partial charge is 0.260 e. The minimum Gasteiger partial charge on any atom is -0.484 e. The lowest BCUT2D eigenvalue weighted by atomic mass is 10.2. The van der Waals surface area contributed by atoms with Gasteiger partial charge in [0.1, 0.15) is 17.7 Å². The molecule has 122 valence electrons. The number of imidazole rings is 1. The standard InChI is InChI=1S/C17H21N3O3/c1-13-10-19(2)17(18-13)15-11-20(8-9-22-15)16(21)12-23-14-6-4-3-5-7-14/h3-7,10,15H,8-9,11-12H2,1-2H3/t15-/m1/s1. The number of benzene rings is 1. The molecule has 2 aromatic rings. The van der Waals surface area contributed by atoms with E-state index in [4.69, 9.17) is 9.47 Å². The average Bonchev–Trinajstić information content (AvgIpc) is 2.92. The summed E-state index contributed by atoms with van der Waals surface area (Å²) in [6, 6.07) is 9.36. The maximum Gasteiger partial charge on any atom is 0.260 e. The Labute approximate surface area is 135 Å². The topological polar surface area (TPSA) is 56.6 Å². The molecule has 0 N–H and O–H groups in total. The van der Waals surface area contributed by atoms with Gasteiger partial charge in [0, 0.05) is 19.8 Å². The van der Waals surface area contributed by atoms with Gasteiger partial charge in [-0.2, -0.15) is 0 Å². The highest BCUT2D eigenvalue weighted by Gasteiger charge is 2.28. The number of hydrogen-bond donors (Lipinski definition) is 0. The maximum atomic E-state index is 12.4. The second kappa shape index (κ2) is 6.83. The zero-order chi connectivity index (χ0) is 16.2. The molecular formula is C17H21N3O3. The maximum absolute atomic E-state index is 12.4. The minimum absolute atomic E-state index is 0.0342. The van der Waals surface area contributed by atoms with Crippen molar-refractivity contribution in [2.45, 2.75) is 13.0 Å². The summed E-state index contributed by atoms with van der Waals surface area (Å²) in [7, 11) is 1.94. The Hall–Kier alpha value is -2.34. The number of para-hydroxylation sites is 1. The normalized spacial score (nSPS) is 18.0. The summed E-state index contributed by atoms with van der Waals surface area (Å²) >= 11 is 0. The van der Waals surface area contributed by atoms with Crippen LogP contribution in [-0.4, -0.2) is 46.7 Å². The number of carbonyl (C=O) groups excluding carboxylic acids is 1. The Bertz CT molecular complexity index is 669. The van der Waals surface area contributed by atoms with E-state index in [0.717, 1.165) is 11.5 Å². The predicted octanol–water partition coefficient (Wildman–Crippen LogP) is 1.71. The highest BCUT2D eigenvalue weighted by Crippen LogP contribution is 2.21. The van der Waals surface area contributed by atoms with Crippen LogP contribution in [0.4, 0.5) is 0 Å². The minimum atomic E-state index is -0.192. The Morgan fingerprint density at radius 2 is 2.17 bits per heavy atom. The molecule has 1 fully saturated rings. The molecule has 0 spiro atoms. The zero-order valence-corrected chi connectivity index (χ0v) is 13.4. The van der Waals surface area contributed by atoms with E-state index in [-0.39, 0.29) is 18.6 Å². The van der Waals surface area contributed by atoms with Gasteiger partial charge in [-0.05, 0) is 19.1 Å². The fourth-order valence-electron chi connectivity index (χ4n) is 2.72. The summed E-state index contributed by atoms with van der Waals surface area (Å²) in [6.45, 7) is 3.57. The summed E-state index contributed by atoms with van der Waals surface area (Å²) in [6.07, 6.45) is 1.76. The van der Waals surface area contributed by atoms with Crippen LogP contribution in [0.1, 0.15) is 17.6 Å². The number of ether oxygens (including phenoxy) is 2. The van der Waals surface area contributed by atoms with Crippen LogP contribution in [0.25, 0.3) is 0 Å². The lowest BCUT2D eigenvalue weighted by Crippen LogP contribution is -2.44. The Kier molecular flexibility index (Phi) is 4.62. The second-order valence-corrected chi connectivity index (χ2v) is 5.65. The van der Waals surface area contributed by atoms with Crippen molar-refractivity contribution >= 4 is 5.91 Å². The molecule has 1 aromatic carbocycles. The number of morpholine rings is 1. The Balaban J connectivity index is 1.59. The van der Waals surface area contributed by atoms with Crippen LogP contribution in [0.5, 0.6) is 5.75 Å². The van der Waals surface area contributed by atoms with E-state index in [9.17, 15) is 4.79 Å². The van der Waals surface area contributed by atoms with Crippen LogP contribution < -0.4 is 4.74 Å². The molecule has 1 saturated heterocycles. The third kappa shape index (κ3) is 3.71. The third-order valence-corrected chi connectivity index (χ3v) is 3.85. The monoisotopic (exact) mass is 315 g/mol. The van der Waals surface area contributed by atoms with E-state index in [2.05, 4.69) is 4.98 Å². The molecule has 0 saturated carbocycles. The van der Waals surface area contributed by atoms with Crippen molar-refractivity contribution in [2.24, 2.45) is 7.05 Å². The molecule has 0 bridgehead atoms. The van der Waals surface area contributed by atoms with Gasteiger partial charge in [0.2, 0.25) is 0 Å². The van der Waals surface area contributed by atoms with Crippen LogP contribution in [0, 0.1) is 6.92 Å². The molecule has 2 heterocycles. The molecule has 3 rings (SSSR count). The van der Waals surface area contributed by atoms with E-state index < -0.39 is 0 Å². The van der Waals surface area contributed by atoms with Crippen molar-refractivity contribution in [2.75, 3.05) is 26.3 Å². The number of rotatable bonds is 4. The van der Waals surface area contributed by atoms with Crippen molar-refractivity contribution in [3.05, 3.63) is 48.0 Å². The first kappa shape index (κ1) is 15.6. The fraction of sp³-hybridized carbons (Fsp3) is 0.412. The molecule has 1 aliphatic rings. The molecular weight excluding hydrogens is 294 g/mol. The molecule has 0 radical (unpaired) electrons. The summed E-state index contributed by atoms with van der Waals surface area (Å²) in [5.41, 5.74) is 0.946.